The van der Waals surface area contributed by atoms with Crippen molar-refractivity contribution in [3.63, 3.8) is 0 Å². The third-order valence-electron chi connectivity index (χ3n) is 10.7. The average molecular weight is 744 g/mol. The van der Waals surface area contributed by atoms with Crippen LogP contribution in [0.4, 0.5) is 23.4 Å². The van der Waals surface area contributed by atoms with E-state index in [1.54, 1.807) is 37.3 Å². The van der Waals surface area contributed by atoms with E-state index in [9.17, 15) is 37.2 Å². The summed E-state index contributed by atoms with van der Waals surface area (Å²) in [5, 5.41) is 17.7. The average Bonchev–Trinajstić information content (AvgIpc) is 3.52. The Morgan fingerprint density at radius 2 is 1.81 bits per heavy atom. The number of aromatic nitrogens is 2. The summed E-state index contributed by atoms with van der Waals surface area (Å²) in [4.78, 5) is 47.9. The highest BCUT2D eigenvalue weighted by Crippen LogP contribution is 2.44. The van der Waals surface area contributed by atoms with E-state index in [2.05, 4.69) is 16.3 Å². The molecule has 54 heavy (non-hydrogen) atoms. The molecule has 280 valence electrons. The molecule has 0 aliphatic carbocycles. The minimum atomic E-state index is -4.72. The van der Waals surface area contributed by atoms with E-state index in [1.807, 2.05) is 0 Å². The Hall–Kier alpha value is -5.59. The molecule has 0 bridgehead atoms. The van der Waals surface area contributed by atoms with Gasteiger partial charge in [0.05, 0.1) is 36.1 Å². The third-order valence-corrected chi connectivity index (χ3v) is 10.7. The Balaban J connectivity index is 1.34. The van der Waals surface area contributed by atoms with Crippen molar-refractivity contribution in [1.82, 2.24) is 24.9 Å². The van der Waals surface area contributed by atoms with Gasteiger partial charge in [-0.05, 0) is 67.8 Å². The number of hydrogen-bond acceptors (Lipinski definition) is 7. The zero-order valence-corrected chi connectivity index (χ0v) is 29.5. The summed E-state index contributed by atoms with van der Waals surface area (Å²) >= 11 is 0. The van der Waals surface area contributed by atoms with Gasteiger partial charge in [0.1, 0.15) is 23.7 Å². The van der Waals surface area contributed by atoms with E-state index in [-0.39, 0.29) is 34.7 Å². The van der Waals surface area contributed by atoms with Gasteiger partial charge < -0.3 is 15.0 Å². The number of ether oxygens (including phenoxy) is 1. The topological polar surface area (TPSA) is 124 Å². The van der Waals surface area contributed by atoms with Gasteiger partial charge in [-0.2, -0.15) is 23.5 Å². The van der Waals surface area contributed by atoms with Gasteiger partial charge in [-0.3, -0.25) is 24.2 Å². The van der Waals surface area contributed by atoms with Gasteiger partial charge in [-0.1, -0.05) is 36.4 Å². The van der Waals surface area contributed by atoms with Crippen molar-refractivity contribution in [2.45, 2.75) is 49.5 Å². The lowest BCUT2D eigenvalue weighted by molar-refractivity contribution is -0.192. The van der Waals surface area contributed by atoms with Crippen molar-refractivity contribution >= 4 is 23.5 Å². The van der Waals surface area contributed by atoms with Gasteiger partial charge in [-0.15, -0.1) is 0 Å². The summed E-state index contributed by atoms with van der Waals surface area (Å²) in [5.74, 6) is -3.72. The van der Waals surface area contributed by atoms with Gasteiger partial charge in [0.25, 0.3) is 17.7 Å². The minimum absolute atomic E-state index is 0.0118. The molecular weight excluding hydrogens is 706 g/mol. The van der Waals surface area contributed by atoms with E-state index in [0.717, 1.165) is 25.1 Å². The molecule has 3 aliphatic rings. The van der Waals surface area contributed by atoms with Gasteiger partial charge in [0.2, 0.25) is 0 Å². The van der Waals surface area contributed by atoms with Crippen LogP contribution in [0.15, 0.2) is 78.9 Å². The maximum atomic E-state index is 14.7. The Bertz CT molecular complexity index is 2110. The van der Waals surface area contributed by atoms with Crippen LogP contribution in [0.1, 0.15) is 63.2 Å². The first-order valence-corrected chi connectivity index (χ1v) is 17.6. The fourth-order valence-corrected chi connectivity index (χ4v) is 7.53. The van der Waals surface area contributed by atoms with Crippen molar-refractivity contribution < 1.29 is 36.7 Å². The molecule has 11 nitrogen and oxygen atoms in total. The van der Waals surface area contributed by atoms with Crippen LogP contribution >= 0.6 is 0 Å². The number of rotatable bonds is 10. The molecule has 2 saturated heterocycles. The van der Waals surface area contributed by atoms with Gasteiger partial charge in [0, 0.05) is 43.7 Å². The molecule has 3 amide bonds. The summed E-state index contributed by atoms with van der Waals surface area (Å²) in [6, 6.07) is 17.7. The highest BCUT2D eigenvalue weighted by molar-refractivity contribution is 6.07. The van der Waals surface area contributed by atoms with E-state index in [1.165, 1.54) is 51.9 Å². The van der Waals surface area contributed by atoms with E-state index in [0.29, 0.717) is 43.5 Å². The predicted molar refractivity (Wildman–Crippen MR) is 188 cm³/mol. The normalized spacial score (nSPS) is 19.6. The van der Waals surface area contributed by atoms with Crippen LogP contribution in [-0.4, -0.2) is 94.8 Å². The van der Waals surface area contributed by atoms with Crippen LogP contribution < -0.4 is 10.2 Å². The number of likely N-dealkylation sites (N-methyl/N-ethyl adjacent to an activating group) is 1. The maximum absolute atomic E-state index is 14.7. The molecular formula is C39H37F4N7O4. The number of likely N-dealkylation sites (tertiary alicyclic amines) is 1. The first-order chi connectivity index (χ1) is 25.9. The quantitative estimate of drug-likeness (QED) is 0.223. The number of nitrogens with zero attached hydrogens (tertiary/aromatic N) is 6. The molecule has 3 aliphatic heterocycles. The molecule has 0 unspecified atom stereocenters. The number of carbonyl (C=O) groups excluding carboxylic acids is 3. The Kier molecular flexibility index (Phi) is 9.76. The number of para-hydroxylation sites is 1. The van der Waals surface area contributed by atoms with Crippen LogP contribution in [0.25, 0.3) is 5.69 Å². The lowest BCUT2D eigenvalue weighted by Crippen LogP contribution is -2.70. The number of carbonyl (C=O) groups is 3. The number of hydrogen-bond donors (Lipinski definition) is 1. The fourth-order valence-electron chi connectivity index (χ4n) is 7.53. The summed E-state index contributed by atoms with van der Waals surface area (Å²) in [6.45, 7) is 4.44. The number of benzene rings is 3. The van der Waals surface area contributed by atoms with E-state index < -0.39 is 53.3 Å². The summed E-state index contributed by atoms with van der Waals surface area (Å²) in [5.41, 5.74) is -0.435. The molecule has 0 radical (unpaired) electrons. The van der Waals surface area contributed by atoms with E-state index in [4.69, 9.17) is 9.84 Å². The van der Waals surface area contributed by atoms with Crippen molar-refractivity contribution in [2.24, 2.45) is 0 Å². The van der Waals surface area contributed by atoms with Crippen LogP contribution in [0.2, 0.25) is 0 Å². The van der Waals surface area contributed by atoms with Gasteiger partial charge in [-0.25, -0.2) is 9.07 Å². The molecule has 15 heteroatoms. The minimum Gasteiger partial charge on any atom is -0.377 e. The Labute approximate surface area is 308 Å². The molecule has 1 N–H and O–H groups in total. The second kappa shape index (κ2) is 14.3. The van der Waals surface area contributed by atoms with Gasteiger partial charge >= 0.3 is 6.18 Å². The number of fused-ring (bicyclic) bond motifs is 1. The number of nitrogens with one attached hydrogen (secondary N) is 1. The predicted octanol–water partition coefficient (Wildman–Crippen LogP) is 5.16. The number of nitriles is 1. The second-order valence-corrected chi connectivity index (χ2v) is 13.8. The highest BCUT2D eigenvalue weighted by Gasteiger charge is 2.51. The molecule has 4 heterocycles. The molecule has 7 rings (SSSR count). The number of anilines is 1. The fraction of sp³-hybridized carbons (Fsp3) is 0.359. The standard InChI is InChI=1S/C39H37F4N7O4/c1-3-49-35-31(30(24-12-14-27(40)15-13-24)32(37(49)53)45-34(51)25-8-7-9-26(20-25)39(41,42)43)33(46-50(35)28-10-5-4-6-11-28)36(52)47(2)29(21-44)16-18-48-19-17-38(48)22-54-23-38/h4-15,20,29-30,32H,3,16-19,22-23H2,1-2H3,(H,45,51)/t29-,30+,32+/m1/s1. The Morgan fingerprint density at radius 3 is 2.41 bits per heavy atom. The number of halogens is 4. The maximum Gasteiger partial charge on any atom is 0.416 e. The van der Waals surface area contributed by atoms with Crippen molar-refractivity contribution in [3.8, 4) is 11.8 Å². The second-order valence-electron chi connectivity index (χ2n) is 13.8. The third kappa shape index (κ3) is 6.49. The molecule has 3 atom stereocenters. The van der Waals surface area contributed by atoms with Crippen LogP contribution in [0.5, 0.6) is 0 Å². The molecule has 3 aromatic carbocycles. The van der Waals surface area contributed by atoms with Crippen molar-refractivity contribution in [3.05, 3.63) is 113 Å². The molecule has 0 saturated carbocycles. The monoisotopic (exact) mass is 743 g/mol. The van der Waals surface area contributed by atoms with Crippen LogP contribution in [0, 0.1) is 17.1 Å². The van der Waals surface area contributed by atoms with Crippen molar-refractivity contribution in [2.75, 3.05) is 44.8 Å². The first kappa shape index (κ1) is 36.8. The molecule has 1 spiro atoms. The van der Waals surface area contributed by atoms with Crippen LogP contribution in [-0.2, 0) is 15.7 Å². The highest BCUT2D eigenvalue weighted by atomic mass is 19.4. The summed E-state index contributed by atoms with van der Waals surface area (Å²) in [6.07, 6.45) is -3.37. The number of alkyl halides is 3. The Morgan fingerprint density at radius 1 is 1.09 bits per heavy atom. The van der Waals surface area contributed by atoms with Crippen molar-refractivity contribution in [1.29, 1.82) is 5.26 Å². The largest absolute Gasteiger partial charge is 0.416 e. The smallest absolute Gasteiger partial charge is 0.377 e. The molecule has 1 aromatic heterocycles. The SMILES string of the molecule is CCN1C(=O)[C@@H](NC(=O)c2cccc(C(F)(F)F)c2)[C@@H](c2ccc(F)cc2)c2c(C(=O)N(C)[C@@H](C#N)CCN3CCC34COC4)nn(-c3ccccc3)c21. The van der Waals surface area contributed by atoms with E-state index >= 15 is 0 Å². The lowest BCUT2D eigenvalue weighted by atomic mass is 9.80. The lowest BCUT2D eigenvalue weighted by Gasteiger charge is -2.58. The van der Waals surface area contributed by atoms with Gasteiger partial charge in [0.15, 0.2) is 5.69 Å². The molecule has 2 fully saturated rings. The summed E-state index contributed by atoms with van der Waals surface area (Å²) in [7, 11) is 1.51. The number of amides is 3. The molecule has 4 aromatic rings. The first-order valence-electron chi connectivity index (χ1n) is 17.6. The van der Waals surface area contributed by atoms with Crippen LogP contribution in [0.3, 0.4) is 0 Å². The zero-order valence-electron chi connectivity index (χ0n) is 29.5. The zero-order chi connectivity index (χ0) is 38.4. The summed E-state index contributed by atoms with van der Waals surface area (Å²) < 4.78 is 62.1.